The van der Waals surface area contributed by atoms with E-state index in [2.05, 4.69) is 38.2 Å². The number of alkyl halides is 3. The molecule has 6 rings (SSSR count). The Morgan fingerprint density at radius 1 is 1.11 bits per heavy atom. The van der Waals surface area contributed by atoms with Gasteiger partial charge in [0.05, 0.1) is 37.1 Å². The average molecular weight is 645 g/mol. The van der Waals surface area contributed by atoms with Crippen LogP contribution in [0.4, 0.5) is 24.5 Å². The number of halogens is 3. The number of aromatic nitrogens is 2. The molecule has 0 atom stereocenters. The van der Waals surface area contributed by atoms with Crippen molar-refractivity contribution in [3.05, 3.63) is 106 Å². The zero-order valence-electron chi connectivity index (χ0n) is 25.8. The van der Waals surface area contributed by atoms with Gasteiger partial charge < -0.3 is 26.1 Å². The third kappa shape index (κ3) is 7.58. The maximum atomic E-state index is 14.0. The zero-order valence-corrected chi connectivity index (χ0v) is 25.8. The molecule has 47 heavy (non-hydrogen) atoms. The molecule has 0 radical (unpaired) electrons. The SMILES string of the molecule is Cc1ccc(C(=O)Nc2ccc(CN3CCNCC3)c(C(F)(F)F)c2)cc1C#Cc1cnc2c(NC3=CN(CCO)NC3)cccn12. The lowest BCUT2D eigenvalue weighted by molar-refractivity contribution is -0.138. The van der Waals surface area contributed by atoms with Crippen molar-refractivity contribution < 1.29 is 23.1 Å². The van der Waals surface area contributed by atoms with Gasteiger partial charge in [-0.1, -0.05) is 18.1 Å². The minimum absolute atomic E-state index is 0.0375. The fraction of sp³-hybridized carbons (Fsp3) is 0.294. The number of aliphatic hydroxyl groups is 1. The van der Waals surface area contributed by atoms with Crippen LogP contribution in [-0.2, 0) is 12.7 Å². The first-order chi connectivity index (χ1) is 22.7. The second-order valence-electron chi connectivity index (χ2n) is 11.4. The number of carbonyl (C=O) groups excluding carboxylic acids is 1. The second kappa shape index (κ2) is 13.9. The Morgan fingerprint density at radius 2 is 1.94 bits per heavy atom. The highest BCUT2D eigenvalue weighted by molar-refractivity contribution is 6.04. The van der Waals surface area contributed by atoms with Crippen molar-refractivity contribution in [3.63, 3.8) is 0 Å². The number of carbonyl (C=O) groups is 1. The van der Waals surface area contributed by atoms with Crippen LogP contribution >= 0.6 is 0 Å². The molecule has 1 saturated heterocycles. The number of anilines is 2. The first kappa shape index (κ1) is 32.1. The molecule has 0 saturated carbocycles. The van der Waals surface area contributed by atoms with Crippen molar-refractivity contribution in [2.45, 2.75) is 19.6 Å². The topological polar surface area (TPSA) is 109 Å². The summed E-state index contributed by atoms with van der Waals surface area (Å²) in [6.07, 6.45) is 0.868. The van der Waals surface area contributed by atoms with Crippen LogP contribution in [0.3, 0.4) is 0 Å². The summed E-state index contributed by atoms with van der Waals surface area (Å²) in [6.45, 7) is 5.98. The van der Waals surface area contributed by atoms with E-state index in [0.717, 1.165) is 36.1 Å². The van der Waals surface area contributed by atoms with Crippen molar-refractivity contribution in [1.29, 1.82) is 0 Å². The zero-order chi connectivity index (χ0) is 33.0. The number of aryl methyl sites for hydroxylation is 1. The largest absolute Gasteiger partial charge is 0.416 e. The number of aliphatic hydroxyl groups excluding tert-OH is 1. The quantitative estimate of drug-likeness (QED) is 0.185. The summed E-state index contributed by atoms with van der Waals surface area (Å²) in [5, 5.41) is 20.2. The number of benzene rings is 2. The van der Waals surface area contributed by atoms with Gasteiger partial charge in [-0.3, -0.25) is 14.1 Å². The van der Waals surface area contributed by atoms with Crippen molar-refractivity contribution in [2.75, 3.05) is 56.5 Å². The standard InChI is InChI=1S/C34H35F3N8O2/c1-23-4-5-25(33(47)42-27-8-6-26(30(18-27)34(35,36)37)21-43-13-10-38-11-14-43)17-24(23)7-9-29-20-39-32-31(3-2-12-45(29)32)41-28-19-40-44(22-28)15-16-46/h2-6,8,12,17-18,20,22,38,40-41,46H,10-11,13-16,19,21H2,1H3,(H,42,47). The van der Waals surface area contributed by atoms with E-state index in [4.69, 9.17) is 5.11 Å². The Morgan fingerprint density at radius 3 is 2.72 bits per heavy atom. The summed E-state index contributed by atoms with van der Waals surface area (Å²) in [5.74, 6) is 5.74. The molecule has 0 unspecified atom stereocenters. The maximum absolute atomic E-state index is 14.0. The molecule has 4 heterocycles. The number of piperazine rings is 1. The number of imidazole rings is 1. The predicted molar refractivity (Wildman–Crippen MR) is 173 cm³/mol. The Labute approximate surface area is 270 Å². The van der Waals surface area contributed by atoms with Crippen LogP contribution in [0.15, 0.2) is 72.8 Å². The number of hydrazine groups is 1. The molecule has 0 bridgehead atoms. The van der Waals surface area contributed by atoms with Crippen molar-refractivity contribution >= 4 is 22.9 Å². The highest BCUT2D eigenvalue weighted by atomic mass is 19.4. The molecule has 5 N–H and O–H groups in total. The van der Waals surface area contributed by atoms with Gasteiger partial charge in [0.2, 0.25) is 0 Å². The number of nitrogens with zero attached hydrogens (tertiary/aromatic N) is 4. The van der Waals surface area contributed by atoms with Crippen LogP contribution in [0.25, 0.3) is 5.65 Å². The normalized spacial score (nSPS) is 15.3. The smallest absolute Gasteiger partial charge is 0.394 e. The van der Waals surface area contributed by atoms with E-state index in [1.807, 2.05) is 45.8 Å². The number of rotatable bonds is 8. The van der Waals surface area contributed by atoms with Gasteiger partial charge in [0, 0.05) is 67.6 Å². The molecule has 2 aromatic heterocycles. The van der Waals surface area contributed by atoms with Gasteiger partial charge in [-0.2, -0.15) is 13.2 Å². The summed E-state index contributed by atoms with van der Waals surface area (Å²) in [7, 11) is 0. The number of hydrogen-bond acceptors (Lipinski definition) is 8. The lowest BCUT2D eigenvalue weighted by atomic mass is 10.0. The number of hydrogen-bond donors (Lipinski definition) is 5. The molecular formula is C34H35F3N8O2. The summed E-state index contributed by atoms with van der Waals surface area (Å²) in [6, 6.07) is 12.8. The first-order valence-electron chi connectivity index (χ1n) is 15.3. The van der Waals surface area contributed by atoms with E-state index in [1.165, 1.54) is 12.1 Å². The first-order valence-corrected chi connectivity index (χ1v) is 15.3. The molecule has 13 heteroatoms. The molecule has 1 amide bonds. The molecule has 2 aromatic carbocycles. The van der Waals surface area contributed by atoms with Crippen LogP contribution in [0.2, 0.25) is 0 Å². The highest BCUT2D eigenvalue weighted by Crippen LogP contribution is 2.34. The van der Waals surface area contributed by atoms with Crippen LogP contribution in [0.1, 0.15) is 38.3 Å². The predicted octanol–water partition coefficient (Wildman–Crippen LogP) is 3.78. The third-order valence-electron chi connectivity index (χ3n) is 8.06. The Kier molecular flexibility index (Phi) is 9.46. The van der Waals surface area contributed by atoms with E-state index in [-0.39, 0.29) is 30.0 Å². The maximum Gasteiger partial charge on any atom is 0.416 e. The van der Waals surface area contributed by atoms with Crippen molar-refractivity contribution in [2.24, 2.45) is 0 Å². The lowest BCUT2D eigenvalue weighted by Gasteiger charge is -2.28. The van der Waals surface area contributed by atoms with Gasteiger partial charge in [-0.25, -0.2) is 10.4 Å². The average Bonchev–Trinajstić information content (AvgIpc) is 3.68. The van der Waals surface area contributed by atoms with E-state index < -0.39 is 17.6 Å². The monoisotopic (exact) mass is 644 g/mol. The molecule has 2 aliphatic rings. The Hall–Kier alpha value is -4.87. The van der Waals surface area contributed by atoms with E-state index in [9.17, 15) is 18.0 Å². The Bertz CT molecular complexity index is 1870. The highest BCUT2D eigenvalue weighted by Gasteiger charge is 2.34. The van der Waals surface area contributed by atoms with Gasteiger partial charge in [-0.05, 0) is 60.4 Å². The number of nitrogens with one attached hydrogen (secondary N) is 4. The lowest BCUT2D eigenvalue weighted by Crippen LogP contribution is -2.43. The van der Waals surface area contributed by atoms with Crippen molar-refractivity contribution in [3.8, 4) is 11.8 Å². The fourth-order valence-corrected chi connectivity index (χ4v) is 5.57. The third-order valence-corrected chi connectivity index (χ3v) is 8.06. The van der Waals surface area contributed by atoms with E-state index in [1.54, 1.807) is 24.4 Å². The minimum atomic E-state index is -4.56. The van der Waals surface area contributed by atoms with Gasteiger partial charge >= 0.3 is 6.18 Å². The van der Waals surface area contributed by atoms with Crippen LogP contribution in [-0.4, -0.2) is 76.2 Å². The molecular weight excluding hydrogens is 609 g/mol. The number of amides is 1. The van der Waals surface area contributed by atoms with Crippen LogP contribution < -0.4 is 21.4 Å². The molecule has 4 aromatic rings. The van der Waals surface area contributed by atoms with Crippen LogP contribution in [0.5, 0.6) is 0 Å². The fourth-order valence-electron chi connectivity index (χ4n) is 5.57. The molecule has 0 spiro atoms. The summed E-state index contributed by atoms with van der Waals surface area (Å²) >= 11 is 0. The van der Waals surface area contributed by atoms with E-state index in [0.29, 0.717) is 43.1 Å². The number of fused-ring (bicyclic) bond motifs is 1. The summed E-state index contributed by atoms with van der Waals surface area (Å²) in [5.41, 5.74) is 7.42. The van der Waals surface area contributed by atoms with Crippen molar-refractivity contribution in [1.82, 2.24) is 30.0 Å². The van der Waals surface area contributed by atoms with Crippen LogP contribution in [0, 0.1) is 18.8 Å². The summed E-state index contributed by atoms with van der Waals surface area (Å²) in [4.78, 5) is 19.7. The van der Waals surface area contributed by atoms with Gasteiger partial charge in [-0.15, -0.1) is 0 Å². The molecule has 1 fully saturated rings. The van der Waals surface area contributed by atoms with E-state index >= 15 is 0 Å². The molecule has 0 aliphatic carbocycles. The van der Waals surface area contributed by atoms with Gasteiger partial charge in [0.1, 0.15) is 5.69 Å². The Balaban J connectivity index is 1.19. The molecule has 2 aliphatic heterocycles. The summed E-state index contributed by atoms with van der Waals surface area (Å²) < 4.78 is 43.9. The van der Waals surface area contributed by atoms with Gasteiger partial charge in [0.25, 0.3) is 5.91 Å². The molecule has 244 valence electrons. The van der Waals surface area contributed by atoms with Gasteiger partial charge in [0.15, 0.2) is 5.65 Å². The number of pyridine rings is 1. The minimum Gasteiger partial charge on any atom is -0.394 e. The number of β-amino-alcohol motifs (C(OH)–C–C–N with tert-alkyl or cyclic N) is 1. The second-order valence-corrected chi connectivity index (χ2v) is 11.4. The molecule has 10 nitrogen and oxygen atoms in total.